The maximum absolute atomic E-state index is 4.75. The second-order valence-corrected chi connectivity index (χ2v) is 8.04. The molecule has 0 saturated carbocycles. The van der Waals surface area contributed by atoms with Crippen LogP contribution in [0, 0.1) is 0 Å². The summed E-state index contributed by atoms with van der Waals surface area (Å²) in [5, 5.41) is 0. The van der Waals surface area contributed by atoms with Crippen molar-refractivity contribution in [3.8, 4) is 0 Å². The lowest BCUT2D eigenvalue weighted by Crippen LogP contribution is -2.67. The summed E-state index contributed by atoms with van der Waals surface area (Å²) < 4.78 is 3.16. The topological polar surface area (TPSA) is 36.7 Å². The summed E-state index contributed by atoms with van der Waals surface area (Å²) in [4.78, 5) is 14.2. The minimum Gasteiger partial charge on any atom is -0.307 e. The Labute approximate surface area is 155 Å². The van der Waals surface area contributed by atoms with Crippen molar-refractivity contribution in [1.82, 2.24) is 24.2 Å². The van der Waals surface area contributed by atoms with E-state index in [2.05, 4.69) is 59.6 Å². The van der Waals surface area contributed by atoms with Crippen molar-refractivity contribution in [1.29, 1.82) is 0 Å². The van der Waals surface area contributed by atoms with Crippen molar-refractivity contribution in [2.45, 2.75) is 31.6 Å². The average molecular weight is 398 g/mol. The second-order valence-electron chi connectivity index (χ2n) is 7.12. The van der Waals surface area contributed by atoms with E-state index in [1.165, 1.54) is 17.7 Å². The van der Waals surface area contributed by atoms with Crippen LogP contribution in [0.2, 0.25) is 0 Å². The fourth-order valence-electron chi connectivity index (χ4n) is 4.21. The molecule has 3 fully saturated rings. The minimum atomic E-state index is 0.656. The third-order valence-electron chi connectivity index (χ3n) is 5.35. The van der Waals surface area contributed by atoms with E-state index in [1.54, 1.807) is 0 Å². The van der Waals surface area contributed by atoms with Crippen LogP contribution in [0.5, 0.6) is 0 Å². The number of rotatable bonds is 4. The summed E-state index contributed by atoms with van der Waals surface area (Å²) in [5.41, 5.74) is 3.49. The normalized spacial score (nSPS) is 23.7. The molecular formula is C19H20BrN5. The Morgan fingerprint density at radius 1 is 1.12 bits per heavy atom. The van der Waals surface area contributed by atoms with Gasteiger partial charge in [-0.1, -0.05) is 6.07 Å². The van der Waals surface area contributed by atoms with Crippen LogP contribution < -0.4 is 0 Å². The van der Waals surface area contributed by atoms with Crippen LogP contribution in [-0.4, -0.2) is 49.3 Å². The van der Waals surface area contributed by atoms with E-state index in [0.717, 1.165) is 36.3 Å². The molecule has 6 heteroatoms. The fraction of sp³-hybridized carbons (Fsp3) is 0.368. The highest BCUT2D eigenvalue weighted by Crippen LogP contribution is 2.34. The molecule has 128 valence electrons. The van der Waals surface area contributed by atoms with Gasteiger partial charge in [0.1, 0.15) is 5.65 Å². The van der Waals surface area contributed by atoms with Gasteiger partial charge in [-0.15, -0.1) is 0 Å². The first kappa shape index (κ1) is 15.5. The largest absolute Gasteiger partial charge is 0.307 e. The molecule has 0 aliphatic carbocycles. The summed E-state index contributed by atoms with van der Waals surface area (Å²) >= 11 is 3.51. The number of hydrogen-bond donors (Lipinski definition) is 0. The Bertz CT molecular complexity index is 862. The van der Waals surface area contributed by atoms with E-state index in [1.807, 2.05) is 24.5 Å². The van der Waals surface area contributed by atoms with Gasteiger partial charge in [0.05, 0.1) is 5.69 Å². The maximum Gasteiger partial charge on any atom is 0.137 e. The van der Waals surface area contributed by atoms with Crippen LogP contribution in [0.15, 0.2) is 53.5 Å². The molecule has 2 bridgehead atoms. The molecule has 2 unspecified atom stereocenters. The summed E-state index contributed by atoms with van der Waals surface area (Å²) in [5.74, 6) is 0. The van der Waals surface area contributed by atoms with Gasteiger partial charge in [-0.3, -0.25) is 14.8 Å². The number of halogens is 1. The van der Waals surface area contributed by atoms with Crippen molar-refractivity contribution in [3.05, 3.63) is 64.8 Å². The standard InChI is InChI=1S/C19H20BrN5/c20-15-5-14(7-21-8-15)9-23-12-17-6-18(13-23)25(17)11-16-10-24-4-2-1-3-19(24)22-16/h1-5,7-8,10,17-18H,6,9,11-13H2. The molecule has 0 radical (unpaired) electrons. The number of pyridine rings is 2. The van der Waals surface area contributed by atoms with Crippen LogP contribution in [0.3, 0.4) is 0 Å². The average Bonchev–Trinajstić information content (AvgIpc) is 3.02. The molecule has 0 aromatic carbocycles. The number of aromatic nitrogens is 3. The fourth-order valence-corrected chi connectivity index (χ4v) is 4.62. The molecular weight excluding hydrogens is 378 g/mol. The quantitative estimate of drug-likeness (QED) is 0.677. The van der Waals surface area contributed by atoms with Crippen LogP contribution >= 0.6 is 15.9 Å². The Kier molecular flexibility index (Phi) is 3.84. The predicted octanol–water partition coefficient (Wildman–Crippen LogP) is 2.95. The Balaban J connectivity index is 1.24. The molecule has 0 spiro atoms. The molecule has 25 heavy (non-hydrogen) atoms. The third-order valence-corrected chi connectivity index (χ3v) is 5.78. The predicted molar refractivity (Wildman–Crippen MR) is 100 cm³/mol. The molecule has 3 aromatic rings. The van der Waals surface area contributed by atoms with E-state index >= 15 is 0 Å². The van der Waals surface area contributed by atoms with Gasteiger partial charge in [0.2, 0.25) is 0 Å². The van der Waals surface area contributed by atoms with Gasteiger partial charge in [0, 0.05) is 67.5 Å². The van der Waals surface area contributed by atoms with Crippen molar-refractivity contribution in [2.24, 2.45) is 0 Å². The zero-order chi connectivity index (χ0) is 16.8. The molecule has 2 atom stereocenters. The second kappa shape index (κ2) is 6.20. The highest BCUT2D eigenvalue weighted by Gasteiger charge is 2.44. The van der Waals surface area contributed by atoms with Gasteiger partial charge in [-0.25, -0.2) is 4.98 Å². The highest BCUT2D eigenvalue weighted by atomic mass is 79.9. The van der Waals surface area contributed by atoms with E-state index in [4.69, 9.17) is 4.98 Å². The number of piperidine rings is 1. The Morgan fingerprint density at radius 2 is 2.00 bits per heavy atom. The molecule has 0 amide bonds. The lowest BCUT2D eigenvalue weighted by molar-refractivity contribution is -0.0780. The van der Waals surface area contributed by atoms with Gasteiger partial charge >= 0.3 is 0 Å². The van der Waals surface area contributed by atoms with Crippen molar-refractivity contribution < 1.29 is 0 Å². The molecule has 3 aliphatic heterocycles. The van der Waals surface area contributed by atoms with E-state index in [0.29, 0.717) is 12.1 Å². The van der Waals surface area contributed by atoms with Gasteiger partial charge in [-0.05, 0) is 46.1 Å². The molecule has 6 heterocycles. The Hall–Kier alpha value is -1.76. The van der Waals surface area contributed by atoms with E-state index < -0.39 is 0 Å². The SMILES string of the molecule is Brc1cncc(CN2CC3CC(C2)N3Cc2cn3ccccc3n2)c1. The first-order valence-corrected chi connectivity index (χ1v) is 9.54. The van der Waals surface area contributed by atoms with Crippen molar-refractivity contribution in [3.63, 3.8) is 0 Å². The number of imidazole rings is 1. The zero-order valence-electron chi connectivity index (χ0n) is 13.9. The van der Waals surface area contributed by atoms with Gasteiger partial charge in [0.25, 0.3) is 0 Å². The van der Waals surface area contributed by atoms with E-state index in [9.17, 15) is 0 Å². The molecule has 5 nitrogen and oxygen atoms in total. The molecule has 0 N–H and O–H groups in total. The molecule has 3 aliphatic rings. The summed E-state index contributed by atoms with van der Waals surface area (Å²) in [6, 6.07) is 9.63. The summed E-state index contributed by atoms with van der Waals surface area (Å²) in [6.07, 6.45) is 9.36. The molecule has 6 rings (SSSR count). The number of piperazine rings is 1. The number of nitrogens with zero attached hydrogens (tertiary/aromatic N) is 5. The smallest absolute Gasteiger partial charge is 0.137 e. The van der Waals surface area contributed by atoms with Gasteiger partial charge in [0.15, 0.2) is 0 Å². The first-order valence-electron chi connectivity index (χ1n) is 8.75. The Morgan fingerprint density at radius 3 is 2.80 bits per heavy atom. The minimum absolute atomic E-state index is 0.656. The molecule has 3 aromatic heterocycles. The lowest BCUT2D eigenvalue weighted by Gasteiger charge is -2.56. The van der Waals surface area contributed by atoms with E-state index in [-0.39, 0.29) is 0 Å². The number of fused-ring (bicyclic) bond motifs is 3. The van der Waals surface area contributed by atoms with Crippen LogP contribution in [-0.2, 0) is 13.1 Å². The summed E-state index contributed by atoms with van der Waals surface area (Å²) in [6.45, 7) is 4.22. The third kappa shape index (κ3) is 2.99. The number of hydrogen-bond acceptors (Lipinski definition) is 4. The van der Waals surface area contributed by atoms with Gasteiger partial charge < -0.3 is 4.40 Å². The van der Waals surface area contributed by atoms with Gasteiger partial charge in [-0.2, -0.15) is 0 Å². The monoisotopic (exact) mass is 397 g/mol. The molecule has 3 saturated heterocycles. The lowest BCUT2D eigenvalue weighted by atomic mass is 9.87. The highest BCUT2D eigenvalue weighted by molar-refractivity contribution is 9.10. The summed E-state index contributed by atoms with van der Waals surface area (Å²) in [7, 11) is 0. The van der Waals surface area contributed by atoms with Crippen LogP contribution in [0.1, 0.15) is 17.7 Å². The van der Waals surface area contributed by atoms with Crippen LogP contribution in [0.4, 0.5) is 0 Å². The van der Waals surface area contributed by atoms with Crippen molar-refractivity contribution in [2.75, 3.05) is 13.1 Å². The first-order chi connectivity index (χ1) is 12.2. The van der Waals surface area contributed by atoms with Crippen molar-refractivity contribution >= 4 is 21.6 Å². The maximum atomic E-state index is 4.75. The van der Waals surface area contributed by atoms with Crippen LogP contribution in [0.25, 0.3) is 5.65 Å². The zero-order valence-corrected chi connectivity index (χ0v) is 15.5.